The summed E-state index contributed by atoms with van der Waals surface area (Å²) >= 11 is 0. The maximum Gasteiger partial charge on any atom is 0.227 e. The molecule has 0 aromatic rings. The van der Waals surface area contributed by atoms with Gasteiger partial charge in [-0.05, 0) is 0 Å². The highest BCUT2D eigenvalue weighted by atomic mass is 16.2. The van der Waals surface area contributed by atoms with Gasteiger partial charge in [-0.1, -0.05) is 0 Å². The zero-order chi connectivity index (χ0) is 7.82. The topological polar surface area (TPSA) is 63.2 Å². The van der Waals surface area contributed by atoms with Gasteiger partial charge in [0.1, 0.15) is 12.6 Å². The van der Waals surface area contributed by atoms with Crippen molar-refractivity contribution < 1.29 is 14.4 Å². The second kappa shape index (κ2) is 5.94. The molecule has 56 valence electrons. The molecule has 1 amide bonds. The Bertz CT molecular complexity index is 133. The molecule has 0 saturated carbocycles. The van der Waals surface area contributed by atoms with Crippen molar-refractivity contribution in [3.8, 4) is 0 Å². The summed E-state index contributed by atoms with van der Waals surface area (Å²) in [6.07, 6.45) is 1.40. The molecule has 0 unspecified atom stereocenters. The normalized spacial score (nSPS) is 8.40. The first kappa shape index (κ1) is 8.81. The number of aldehydes is 2. The first-order valence-electron chi connectivity index (χ1n) is 2.95. The molecule has 0 bridgehead atoms. The van der Waals surface area contributed by atoms with Crippen molar-refractivity contribution in [1.82, 2.24) is 5.32 Å². The van der Waals surface area contributed by atoms with Crippen LogP contribution >= 0.6 is 0 Å². The summed E-state index contributed by atoms with van der Waals surface area (Å²) in [5.41, 5.74) is 0. The smallest absolute Gasteiger partial charge is 0.227 e. The Labute approximate surface area is 58.6 Å². The number of rotatable bonds is 5. The van der Waals surface area contributed by atoms with E-state index in [1.807, 2.05) is 0 Å². The predicted octanol–water partition coefficient (Wildman–Crippen LogP) is -0.719. The van der Waals surface area contributed by atoms with E-state index in [1.54, 1.807) is 0 Å². The Balaban J connectivity index is 3.20. The summed E-state index contributed by atoms with van der Waals surface area (Å²) in [6.45, 7) is 0.316. The number of hydrogen-bond donors (Lipinski definition) is 1. The molecule has 1 N–H and O–H groups in total. The largest absolute Gasteiger partial charge is 0.355 e. The Hall–Kier alpha value is -1.19. The summed E-state index contributed by atoms with van der Waals surface area (Å²) < 4.78 is 0. The van der Waals surface area contributed by atoms with Gasteiger partial charge in [-0.3, -0.25) is 4.79 Å². The monoisotopic (exact) mass is 143 g/mol. The molecule has 10 heavy (non-hydrogen) atoms. The first-order valence-corrected chi connectivity index (χ1v) is 2.95. The van der Waals surface area contributed by atoms with E-state index in [9.17, 15) is 14.4 Å². The third-order valence-electron chi connectivity index (χ3n) is 0.853. The van der Waals surface area contributed by atoms with Crippen LogP contribution in [0.4, 0.5) is 0 Å². The molecule has 0 aliphatic carbocycles. The van der Waals surface area contributed by atoms with Gasteiger partial charge in [0.15, 0.2) is 0 Å². The van der Waals surface area contributed by atoms with Gasteiger partial charge in [0, 0.05) is 13.0 Å². The average molecular weight is 143 g/mol. The van der Waals surface area contributed by atoms with Gasteiger partial charge >= 0.3 is 0 Å². The van der Waals surface area contributed by atoms with Crippen molar-refractivity contribution in [2.24, 2.45) is 0 Å². The predicted molar refractivity (Wildman–Crippen MR) is 34.4 cm³/mol. The fraction of sp³-hybridized carbons (Fsp3) is 0.500. The second-order valence-electron chi connectivity index (χ2n) is 1.68. The zero-order valence-corrected chi connectivity index (χ0v) is 5.50. The summed E-state index contributed by atoms with van der Waals surface area (Å²) in [6, 6.07) is 0. The van der Waals surface area contributed by atoms with Gasteiger partial charge in [0.2, 0.25) is 5.91 Å². The van der Waals surface area contributed by atoms with Gasteiger partial charge in [-0.25, -0.2) is 0 Å². The van der Waals surface area contributed by atoms with E-state index in [-0.39, 0.29) is 12.3 Å². The molecule has 0 fully saturated rings. The molecular formula is C6H9NO3. The first-order chi connectivity index (χ1) is 4.81. The average Bonchev–Trinajstić information content (AvgIpc) is 1.89. The van der Waals surface area contributed by atoms with Crippen LogP contribution in [0.15, 0.2) is 0 Å². The lowest BCUT2D eigenvalue weighted by Crippen LogP contribution is -2.24. The van der Waals surface area contributed by atoms with Crippen LogP contribution in [0.3, 0.4) is 0 Å². The molecule has 0 radical (unpaired) electrons. The van der Waals surface area contributed by atoms with E-state index in [0.29, 0.717) is 25.5 Å². The second-order valence-corrected chi connectivity index (χ2v) is 1.68. The van der Waals surface area contributed by atoms with Gasteiger partial charge in [0.25, 0.3) is 0 Å². The molecule has 0 aliphatic rings. The summed E-state index contributed by atoms with van der Waals surface area (Å²) in [5, 5.41) is 2.38. The lowest BCUT2D eigenvalue weighted by atomic mass is 10.4. The minimum Gasteiger partial charge on any atom is -0.355 e. The highest BCUT2D eigenvalue weighted by molar-refractivity contribution is 5.87. The van der Waals surface area contributed by atoms with Crippen molar-refractivity contribution in [3.05, 3.63) is 0 Å². The number of amides is 1. The minimum absolute atomic E-state index is 0.126. The van der Waals surface area contributed by atoms with Crippen molar-refractivity contribution in [3.63, 3.8) is 0 Å². The van der Waals surface area contributed by atoms with Gasteiger partial charge in [-0.15, -0.1) is 0 Å². The molecule has 0 heterocycles. The highest BCUT2D eigenvalue weighted by Crippen LogP contribution is 1.73. The molecule has 0 aromatic carbocycles. The Morgan fingerprint density at radius 1 is 1.30 bits per heavy atom. The van der Waals surface area contributed by atoms with E-state index < -0.39 is 0 Å². The summed E-state index contributed by atoms with van der Waals surface area (Å²) in [7, 11) is 0. The van der Waals surface area contributed by atoms with E-state index >= 15 is 0 Å². The Morgan fingerprint density at radius 3 is 2.50 bits per heavy atom. The SMILES string of the molecule is O=CCCNC(=O)CC=O. The molecule has 0 saturated heterocycles. The fourth-order valence-corrected chi connectivity index (χ4v) is 0.418. The molecule has 0 rings (SSSR count). The molecule has 0 aliphatic heterocycles. The van der Waals surface area contributed by atoms with E-state index in [0.717, 1.165) is 0 Å². The Kier molecular flexibility index (Phi) is 5.23. The van der Waals surface area contributed by atoms with Crippen molar-refractivity contribution in [2.45, 2.75) is 12.8 Å². The maximum absolute atomic E-state index is 10.5. The Morgan fingerprint density at radius 2 is 2.00 bits per heavy atom. The number of nitrogens with one attached hydrogen (secondary N) is 1. The van der Waals surface area contributed by atoms with E-state index in [4.69, 9.17) is 0 Å². The standard InChI is InChI=1S/C6H9NO3/c8-4-1-3-7-6(10)2-5-9/h4-5H,1-3H2,(H,7,10). The van der Waals surface area contributed by atoms with Crippen molar-refractivity contribution in [1.29, 1.82) is 0 Å². The van der Waals surface area contributed by atoms with E-state index in [2.05, 4.69) is 5.32 Å². The number of hydrogen-bond acceptors (Lipinski definition) is 3. The molecule has 4 heteroatoms. The van der Waals surface area contributed by atoms with Gasteiger partial charge in [-0.2, -0.15) is 0 Å². The lowest BCUT2D eigenvalue weighted by Gasteiger charge is -1.96. The van der Waals surface area contributed by atoms with Crippen LogP contribution < -0.4 is 5.32 Å². The van der Waals surface area contributed by atoms with Gasteiger partial charge in [0.05, 0.1) is 6.42 Å². The van der Waals surface area contributed by atoms with Crippen LogP contribution in [0.1, 0.15) is 12.8 Å². The summed E-state index contributed by atoms with van der Waals surface area (Å²) in [5.74, 6) is -0.336. The van der Waals surface area contributed by atoms with Crippen molar-refractivity contribution >= 4 is 18.5 Å². The molecule has 0 spiro atoms. The van der Waals surface area contributed by atoms with Crippen LogP contribution in [0.2, 0.25) is 0 Å². The highest BCUT2D eigenvalue weighted by Gasteiger charge is 1.95. The van der Waals surface area contributed by atoms with Crippen LogP contribution in [-0.4, -0.2) is 25.0 Å². The van der Waals surface area contributed by atoms with Crippen LogP contribution in [-0.2, 0) is 14.4 Å². The maximum atomic E-state index is 10.5. The lowest BCUT2D eigenvalue weighted by molar-refractivity contribution is -0.123. The molecule has 0 aromatic heterocycles. The van der Waals surface area contributed by atoms with Gasteiger partial charge < -0.3 is 14.9 Å². The number of carbonyl (C=O) groups is 3. The molecule has 0 atom stereocenters. The molecular weight excluding hydrogens is 134 g/mol. The third kappa shape index (κ3) is 4.96. The quantitative estimate of drug-likeness (QED) is 0.314. The fourth-order valence-electron chi connectivity index (χ4n) is 0.418. The summed E-state index contributed by atoms with van der Waals surface area (Å²) in [4.78, 5) is 29.9. The van der Waals surface area contributed by atoms with E-state index in [1.165, 1.54) is 0 Å². The number of carbonyl (C=O) groups excluding carboxylic acids is 3. The minimum atomic E-state index is -0.336. The third-order valence-corrected chi connectivity index (χ3v) is 0.853. The van der Waals surface area contributed by atoms with Crippen LogP contribution in [0.25, 0.3) is 0 Å². The van der Waals surface area contributed by atoms with Crippen LogP contribution in [0, 0.1) is 0 Å². The van der Waals surface area contributed by atoms with Crippen LogP contribution in [0.5, 0.6) is 0 Å². The molecule has 4 nitrogen and oxygen atoms in total. The van der Waals surface area contributed by atoms with Crippen molar-refractivity contribution in [2.75, 3.05) is 6.54 Å². The zero-order valence-electron chi connectivity index (χ0n) is 5.50.